The molecule has 4 rings (SSSR count). The highest BCUT2D eigenvalue weighted by Gasteiger charge is 2.25. The Bertz CT molecular complexity index is 961. The number of aromatic nitrogens is 2. The Balaban J connectivity index is 1.49. The highest BCUT2D eigenvalue weighted by Crippen LogP contribution is 2.24. The van der Waals surface area contributed by atoms with Crippen molar-refractivity contribution in [1.82, 2.24) is 15.5 Å². The summed E-state index contributed by atoms with van der Waals surface area (Å²) in [6.07, 6.45) is 3.51. The van der Waals surface area contributed by atoms with E-state index in [4.69, 9.17) is 16.0 Å². The normalized spacial score (nSPS) is 13.4. The SMILES string of the molecule is O=C(Nc1ccc(Cl)c(C(=O)NC2CC2)c1)c1cc(-c2ccco2)[nH]n1. The second-order valence-corrected chi connectivity index (χ2v) is 6.45. The zero-order valence-corrected chi connectivity index (χ0v) is 14.3. The molecule has 0 bridgehead atoms. The zero-order chi connectivity index (χ0) is 18.1. The van der Waals surface area contributed by atoms with Gasteiger partial charge in [-0.25, -0.2) is 0 Å². The van der Waals surface area contributed by atoms with E-state index < -0.39 is 5.91 Å². The summed E-state index contributed by atoms with van der Waals surface area (Å²) >= 11 is 6.11. The highest BCUT2D eigenvalue weighted by atomic mass is 35.5. The van der Waals surface area contributed by atoms with Crippen molar-refractivity contribution in [1.29, 1.82) is 0 Å². The van der Waals surface area contributed by atoms with Gasteiger partial charge in [0.25, 0.3) is 11.8 Å². The van der Waals surface area contributed by atoms with E-state index in [0.717, 1.165) is 12.8 Å². The van der Waals surface area contributed by atoms with Crippen LogP contribution >= 0.6 is 11.6 Å². The molecule has 132 valence electrons. The van der Waals surface area contributed by atoms with Gasteiger partial charge in [0.15, 0.2) is 11.5 Å². The first kappa shape index (κ1) is 16.4. The third-order valence-corrected chi connectivity index (χ3v) is 4.31. The smallest absolute Gasteiger partial charge is 0.276 e. The van der Waals surface area contributed by atoms with E-state index in [1.165, 1.54) is 6.26 Å². The zero-order valence-electron chi connectivity index (χ0n) is 13.6. The van der Waals surface area contributed by atoms with E-state index in [2.05, 4.69) is 20.8 Å². The number of halogens is 1. The molecule has 26 heavy (non-hydrogen) atoms. The number of aromatic amines is 1. The molecule has 0 atom stereocenters. The molecular weight excluding hydrogens is 356 g/mol. The van der Waals surface area contributed by atoms with Crippen LogP contribution in [0.3, 0.4) is 0 Å². The molecule has 2 amide bonds. The summed E-state index contributed by atoms with van der Waals surface area (Å²) in [6, 6.07) is 10.1. The number of H-pyrrole nitrogens is 1. The van der Waals surface area contributed by atoms with Crippen LogP contribution in [0.1, 0.15) is 33.7 Å². The van der Waals surface area contributed by atoms with Crippen molar-refractivity contribution in [3.8, 4) is 11.5 Å². The van der Waals surface area contributed by atoms with Gasteiger partial charge in [0.05, 0.1) is 16.8 Å². The van der Waals surface area contributed by atoms with Gasteiger partial charge in [-0.2, -0.15) is 5.10 Å². The van der Waals surface area contributed by atoms with Crippen molar-refractivity contribution in [3.63, 3.8) is 0 Å². The minimum absolute atomic E-state index is 0.204. The van der Waals surface area contributed by atoms with Crippen molar-refractivity contribution in [2.24, 2.45) is 0 Å². The molecule has 7 nitrogen and oxygen atoms in total. The summed E-state index contributed by atoms with van der Waals surface area (Å²) in [5.41, 5.74) is 1.59. The number of carbonyl (C=O) groups is 2. The number of carbonyl (C=O) groups excluding carboxylic acids is 2. The number of furan rings is 1. The molecule has 1 aromatic carbocycles. The standard InChI is InChI=1S/C18H15ClN4O3/c19-13-6-5-11(8-12(13)17(24)20-10-3-4-10)21-18(25)15-9-14(22-23-15)16-2-1-7-26-16/h1-2,5-10H,3-4H2,(H,20,24)(H,21,25)(H,22,23). The molecule has 0 aliphatic heterocycles. The van der Waals surface area contributed by atoms with Crippen LogP contribution < -0.4 is 10.6 Å². The fraction of sp³-hybridized carbons (Fsp3) is 0.167. The highest BCUT2D eigenvalue weighted by molar-refractivity contribution is 6.34. The number of nitrogens with zero attached hydrogens (tertiary/aromatic N) is 1. The van der Waals surface area contributed by atoms with Crippen molar-refractivity contribution in [2.45, 2.75) is 18.9 Å². The Hall–Kier alpha value is -3.06. The maximum absolute atomic E-state index is 12.4. The molecule has 1 aliphatic carbocycles. The first-order valence-corrected chi connectivity index (χ1v) is 8.49. The molecule has 1 saturated carbocycles. The minimum atomic E-state index is -0.407. The van der Waals surface area contributed by atoms with E-state index >= 15 is 0 Å². The van der Waals surface area contributed by atoms with Crippen LogP contribution in [0.2, 0.25) is 5.02 Å². The second kappa shape index (κ2) is 6.68. The molecule has 3 N–H and O–H groups in total. The minimum Gasteiger partial charge on any atom is -0.463 e. The molecular formula is C18H15ClN4O3. The maximum Gasteiger partial charge on any atom is 0.276 e. The summed E-state index contributed by atoms with van der Waals surface area (Å²) in [6.45, 7) is 0. The summed E-state index contributed by atoms with van der Waals surface area (Å²) in [7, 11) is 0. The summed E-state index contributed by atoms with van der Waals surface area (Å²) in [4.78, 5) is 24.6. The Labute approximate surface area is 153 Å². The quantitative estimate of drug-likeness (QED) is 0.640. The molecule has 0 radical (unpaired) electrons. The van der Waals surface area contributed by atoms with Crippen LogP contribution in [0.15, 0.2) is 47.1 Å². The van der Waals surface area contributed by atoms with Gasteiger partial charge in [-0.15, -0.1) is 0 Å². The average Bonchev–Trinajstić information content (AvgIpc) is 3.11. The van der Waals surface area contributed by atoms with Gasteiger partial charge in [0.1, 0.15) is 5.69 Å². The number of anilines is 1. The maximum atomic E-state index is 12.4. The molecule has 3 aromatic rings. The number of hydrogen-bond donors (Lipinski definition) is 3. The Kier molecular flexibility index (Phi) is 4.22. The third kappa shape index (κ3) is 3.48. The van der Waals surface area contributed by atoms with Gasteiger partial charge in [-0.05, 0) is 43.2 Å². The first-order valence-electron chi connectivity index (χ1n) is 8.11. The molecule has 1 fully saturated rings. The van der Waals surface area contributed by atoms with Crippen LogP contribution in [-0.4, -0.2) is 28.1 Å². The number of benzene rings is 1. The Morgan fingerprint density at radius 3 is 2.77 bits per heavy atom. The largest absolute Gasteiger partial charge is 0.463 e. The molecule has 0 spiro atoms. The average molecular weight is 371 g/mol. The molecule has 0 unspecified atom stereocenters. The monoisotopic (exact) mass is 370 g/mol. The molecule has 2 heterocycles. The van der Waals surface area contributed by atoms with Gasteiger partial charge in [0.2, 0.25) is 0 Å². The lowest BCUT2D eigenvalue weighted by Gasteiger charge is -2.09. The van der Waals surface area contributed by atoms with Crippen molar-refractivity contribution < 1.29 is 14.0 Å². The predicted octanol–water partition coefficient (Wildman–Crippen LogP) is 3.47. The summed E-state index contributed by atoms with van der Waals surface area (Å²) < 4.78 is 5.26. The fourth-order valence-electron chi connectivity index (χ4n) is 2.46. The predicted molar refractivity (Wildman–Crippen MR) is 96.2 cm³/mol. The van der Waals surface area contributed by atoms with E-state index in [1.807, 2.05) is 0 Å². The van der Waals surface area contributed by atoms with E-state index in [9.17, 15) is 9.59 Å². The topological polar surface area (TPSA) is 100 Å². The fourth-order valence-corrected chi connectivity index (χ4v) is 2.66. The second-order valence-electron chi connectivity index (χ2n) is 6.04. The van der Waals surface area contributed by atoms with Gasteiger partial charge < -0.3 is 15.1 Å². The number of amides is 2. The molecule has 1 aliphatic rings. The van der Waals surface area contributed by atoms with Crippen LogP contribution in [0, 0.1) is 0 Å². The van der Waals surface area contributed by atoms with E-state index in [1.54, 1.807) is 36.4 Å². The van der Waals surface area contributed by atoms with E-state index in [0.29, 0.717) is 27.7 Å². The molecule has 8 heteroatoms. The van der Waals surface area contributed by atoms with Gasteiger partial charge in [-0.1, -0.05) is 11.6 Å². The van der Waals surface area contributed by atoms with Crippen LogP contribution in [-0.2, 0) is 0 Å². The Morgan fingerprint density at radius 1 is 1.19 bits per heavy atom. The lowest BCUT2D eigenvalue weighted by Crippen LogP contribution is -2.25. The van der Waals surface area contributed by atoms with Crippen LogP contribution in [0.4, 0.5) is 5.69 Å². The first-order chi connectivity index (χ1) is 12.6. The van der Waals surface area contributed by atoms with Crippen molar-refractivity contribution in [3.05, 3.63) is 58.9 Å². The lowest BCUT2D eigenvalue weighted by atomic mass is 10.1. The van der Waals surface area contributed by atoms with Crippen molar-refractivity contribution >= 4 is 29.1 Å². The van der Waals surface area contributed by atoms with Gasteiger partial charge in [0, 0.05) is 17.8 Å². The van der Waals surface area contributed by atoms with Gasteiger partial charge in [-0.3, -0.25) is 14.7 Å². The number of nitrogens with one attached hydrogen (secondary N) is 3. The molecule has 0 saturated heterocycles. The van der Waals surface area contributed by atoms with Crippen LogP contribution in [0.5, 0.6) is 0 Å². The number of hydrogen-bond acceptors (Lipinski definition) is 4. The van der Waals surface area contributed by atoms with Crippen molar-refractivity contribution in [2.75, 3.05) is 5.32 Å². The Morgan fingerprint density at radius 2 is 2.04 bits per heavy atom. The summed E-state index contributed by atoms with van der Waals surface area (Å²) in [5, 5.41) is 12.7. The third-order valence-electron chi connectivity index (χ3n) is 3.98. The van der Waals surface area contributed by atoms with E-state index in [-0.39, 0.29) is 17.6 Å². The van der Waals surface area contributed by atoms with Gasteiger partial charge >= 0.3 is 0 Å². The summed E-state index contributed by atoms with van der Waals surface area (Å²) in [5.74, 6) is -0.0644. The van der Waals surface area contributed by atoms with Crippen LogP contribution in [0.25, 0.3) is 11.5 Å². The lowest BCUT2D eigenvalue weighted by molar-refractivity contribution is 0.0949. The molecule has 2 aromatic heterocycles. The number of rotatable bonds is 5.